The smallest absolute Gasteiger partial charge is 0.223 e. The van der Waals surface area contributed by atoms with Crippen molar-refractivity contribution in [2.24, 2.45) is 5.92 Å². The summed E-state index contributed by atoms with van der Waals surface area (Å²) in [6.45, 7) is 12.7. The van der Waals surface area contributed by atoms with Crippen molar-refractivity contribution >= 4 is 32.6 Å². The van der Waals surface area contributed by atoms with Crippen molar-refractivity contribution in [3.05, 3.63) is 23.3 Å². The highest BCUT2D eigenvalue weighted by Gasteiger charge is 2.27. The van der Waals surface area contributed by atoms with Crippen LogP contribution in [0.4, 0.5) is 5.13 Å². The highest BCUT2D eigenvalue weighted by molar-refractivity contribution is 7.22. The number of piperidine rings is 2. The number of benzene rings is 1. The number of fused-ring (bicyclic) bond motifs is 1. The number of carbonyl (C=O) groups excluding carboxylic acids is 1. The van der Waals surface area contributed by atoms with Crippen molar-refractivity contribution in [2.75, 3.05) is 31.1 Å². The minimum Gasteiger partial charge on any atom is -0.356 e. The number of nitrogens with one attached hydrogen (secondary N) is 1. The summed E-state index contributed by atoms with van der Waals surface area (Å²) in [5.74, 6) is 0.387. The molecule has 31 heavy (non-hydrogen) atoms. The second kappa shape index (κ2) is 9.86. The molecule has 0 aliphatic carbocycles. The zero-order valence-corrected chi connectivity index (χ0v) is 20.4. The largest absolute Gasteiger partial charge is 0.356 e. The van der Waals surface area contributed by atoms with Gasteiger partial charge in [-0.2, -0.15) is 0 Å². The van der Waals surface area contributed by atoms with Crippen LogP contribution in [0.2, 0.25) is 0 Å². The Kier molecular flexibility index (Phi) is 7.17. The molecule has 1 aromatic heterocycles. The molecule has 2 aliphatic heterocycles. The van der Waals surface area contributed by atoms with E-state index in [9.17, 15) is 4.79 Å². The number of thiazole rings is 1. The highest BCUT2D eigenvalue weighted by Crippen LogP contribution is 2.33. The maximum atomic E-state index is 12.7. The molecule has 6 heteroatoms. The molecule has 3 heterocycles. The van der Waals surface area contributed by atoms with E-state index in [1.807, 2.05) is 0 Å². The van der Waals surface area contributed by atoms with Gasteiger partial charge in [0, 0.05) is 44.2 Å². The first-order valence-corrected chi connectivity index (χ1v) is 12.9. The number of hydrogen-bond donors (Lipinski definition) is 1. The molecule has 170 valence electrons. The normalized spacial score (nSPS) is 23.4. The second-order valence-electron chi connectivity index (χ2n) is 9.70. The van der Waals surface area contributed by atoms with E-state index in [2.05, 4.69) is 54.9 Å². The van der Waals surface area contributed by atoms with Crippen molar-refractivity contribution < 1.29 is 4.79 Å². The van der Waals surface area contributed by atoms with Crippen LogP contribution in [0, 0.1) is 19.8 Å². The molecule has 4 rings (SSSR count). The van der Waals surface area contributed by atoms with Gasteiger partial charge in [0.1, 0.15) is 0 Å². The van der Waals surface area contributed by atoms with E-state index in [1.165, 1.54) is 35.1 Å². The first kappa shape index (κ1) is 22.5. The molecule has 1 aromatic carbocycles. The van der Waals surface area contributed by atoms with Gasteiger partial charge >= 0.3 is 0 Å². The average Bonchev–Trinajstić information content (AvgIpc) is 3.17. The lowest BCUT2D eigenvalue weighted by atomic mass is 9.96. The summed E-state index contributed by atoms with van der Waals surface area (Å²) in [6.07, 6.45) is 6.85. The van der Waals surface area contributed by atoms with E-state index in [0.29, 0.717) is 12.1 Å². The number of anilines is 1. The lowest BCUT2D eigenvalue weighted by Gasteiger charge is -2.39. The molecular weight excluding hydrogens is 404 g/mol. The van der Waals surface area contributed by atoms with Gasteiger partial charge in [-0.15, -0.1) is 0 Å². The van der Waals surface area contributed by atoms with Gasteiger partial charge in [0.05, 0.1) is 10.2 Å². The van der Waals surface area contributed by atoms with Crippen LogP contribution in [0.3, 0.4) is 0 Å². The zero-order chi connectivity index (χ0) is 22.0. The van der Waals surface area contributed by atoms with Crippen LogP contribution in [0.15, 0.2) is 12.1 Å². The zero-order valence-electron chi connectivity index (χ0n) is 19.6. The van der Waals surface area contributed by atoms with E-state index in [1.54, 1.807) is 11.3 Å². The van der Waals surface area contributed by atoms with Crippen molar-refractivity contribution in [3.63, 3.8) is 0 Å². The molecule has 0 unspecified atom stereocenters. The third-order valence-electron chi connectivity index (χ3n) is 7.22. The van der Waals surface area contributed by atoms with Crippen LogP contribution in [-0.2, 0) is 4.79 Å². The monoisotopic (exact) mass is 442 g/mol. The molecule has 2 atom stereocenters. The molecule has 0 saturated carbocycles. The SMILES string of the molecule is Cc1cc(C)c2nc(N3CCC(C(=O)NCCCN4[C@H](C)CCC[C@@H]4C)CC3)sc2c1. The first-order valence-electron chi connectivity index (χ1n) is 12.1. The van der Waals surface area contributed by atoms with Gasteiger partial charge in [-0.05, 0) is 77.0 Å². The molecular formula is C25H38N4OS. The molecule has 2 aromatic rings. The minimum absolute atomic E-state index is 0.141. The molecule has 0 radical (unpaired) electrons. The van der Waals surface area contributed by atoms with Crippen molar-refractivity contribution in [1.82, 2.24) is 15.2 Å². The van der Waals surface area contributed by atoms with Gasteiger partial charge in [0.2, 0.25) is 5.91 Å². The van der Waals surface area contributed by atoms with Crippen LogP contribution in [0.1, 0.15) is 63.5 Å². The summed E-state index contributed by atoms with van der Waals surface area (Å²) in [5.41, 5.74) is 3.67. The Hall–Kier alpha value is -1.66. The standard InChI is InChI=1S/C25H38N4OS/c1-17-15-18(2)23-22(16-17)31-25(27-23)28-13-9-21(10-14-28)24(30)26-11-6-12-29-19(3)7-5-8-20(29)4/h15-16,19-21H,5-14H2,1-4H3,(H,26,30)/t19-,20+. The Morgan fingerprint density at radius 1 is 1.13 bits per heavy atom. The fourth-order valence-corrected chi connectivity index (χ4v) is 6.55. The summed E-state index contributed by atoms with van der Waals surface area (Å²) in [4.78, 5) is 22.6. The second-order valence-corrected chi connectivity index (χ2v) is 10.7. The fourth-order valence-electron chi connectivity index (χ4n) is 5.36. The van der Waals surface area contributed by atoms with Crippen LogP contribution >= 0.6 is 11.3 Å². The Morgan fingerprint density at radius 3 is 2.55 bits per heavy atom. The van der Waals surface area contributed by atoms with Crippen LogP contribution in [-0.4, -0.2) is 54.1 Å². The van der Waals surface area contributed by atoms with Gasteiger partial charge in [-0.25, -0.2) is 4.98 Å². The maximum absolute atomic E-state index is 12.7. The number of likely N-dealkylation sites (tertiary alicyclic amines) is 1. The van der Waals surface area contributed by atoms with Gasteiger partial charge in [0.15, 0.2) is 5.13 Å². The van der Waals surface area contributed by atoms with Gasteiger partial charge in [-0.1, -0.05) is 23.8 Å². The number of aromatic nitrogens is 1. The van der Waals surface area contributed by atoms with E-state index in [-0.39, 0.29) is 11.8 Å². The first-order chi connectivity index (χ1) is 14.9. The number of aryl methyl sites for hydroxylation is 2. The topological polar surface area (TPSA) is 48.5 Å². The Bertz CT molecular complexity index is 892. The summed E-state index contributed by atoms with van der Waals surface area (Å²) >= 11 is 1.78. The number of carbonyl (C=O) groups is 1. The highest BCUT2D eigenvalue weighted by atomic mass is 32.1. The van der Waals surface area contributed by atoms with Crippen molar-refractivity contribution in [1.29, 1.82) is 0 Å². The molecule has 2 saturated heterocycles. The fraction of sp³-hybridized carbons (Fsp3) is 0.680. The molecule has 0 bridgehead atoms. The van der Waals surface area contributed by atoms with E-state index in [4.69, 9.17) is 4.98 Å². The van der Waals surface area contributed by atoms with E-state index >= 15 is 0 Å². The predicted octanol–water partition coefficient (Wildman–Crippen LogP) is 4.90. The van der Waals surface area contributed by atoms with Gasteiger partial charge in [0.25, 0.3) is 0 Å². The third kappa shape index (κ3) is 5.23. The molecule has 2 fully saturated rings. The lowest BCUT2D eigenvalue weighted by molar-refractivity contribution is -0.125. The number of amides is 1. The summed E-state index contributed by atoms with van der Waals surface area (Å²) in [5, 5.41) is 4.32. The lowest BCUT2D eigenvalue weighted by Crippen LogP contribution is -2.45. The Balaban J connectivity index is 1.22. The van der Waals surface area contributed by atoms with E-state index in [0.717, 1.165) is 56.1 Å². The van der Waals surface area contributed by atoms with Gasteiger partial charge < -0.3 is 10.2 Å². The number of nitrogens with zero attached hydrogens (tertiary/aromatic N) is 3. The van der Waals surface area contributed by atoms with Crippen LogP contribution < -0.4 is 10.2 Å². The van der Waals surface area contributed by atoms with Gasteiger partial charge in [-0.3, -0.25) is 9.69 Å². The third-order valence-corrected chi connectivity index (χ3v) is 8.29. The summed E-state index contributed by atoms with van der Waals surface area (Å²) in [7, 11) is 0. The number of hydrogen-bond acceptors (Lipinski definition) is 5. The van der Waals surface area contributed by atoms with Crippen LogP contribution in [0.25, 0.3) is 10.2 Å². The Labute approximate surface area is 191 Å². The maximum Gasteiger partial charge on any atom is 0.223 e. The molecule has 1 N–H and O–H groups in total. The summed E-state index contributed by atoms with van der Waals surface area (Å²) < 4.78 is 1.27. The number of rotatable bonds is 6. The van der Waals surface area contributed by atoms with Crippen LogP contribution in [0.5, 0.6) is 0 Å². The molecule has 0 spiro atoms. The molecule has 2 aliphatic rings. The predicted molar refractivity (Wildman–Crippen MR) is 131 cm³/mol. The Morgan fingerprint density at radius 2 is 1.84 bits per heavy atom. The quantitative estimate of drug-likeness (QED) is 0.647. The average molecular weight is 443 g/mol. The van der Waals surface area contributed by atoms with E-state index < -0.39 is 0 Å². The minimum atomic E-state index is 0.141. The summed E-state index contributed by atoms with van der Waals surface area (Å²) in [6, 6.07) is 5.79. The van der Waals surface area contributed by atoms with Crippen molar-refractivity contribution in [3.8, 4) is 0 Å². The molecule has 1 amide bonds. The molecule has 5 nitrogen and oxygen atoms in total. The van der Waals surface area contributed by atoms with Crippen molar-refractivity contribution in [2.45, 2.75) is 78.3 Å².